The molecular weight excluding hydrogens is 316 g/mol. The largest absolute Gasteiger partial charge is 0.391 e. The first-order valence-corrected chi connectivity index (χ1v) is 9.44. The van der Waals surface area contributed by atoms with Crippen LogP contribution < -0.4 is 10.6 Å². The van der Waals surface area contributed by atoms with Crippen molar-refractivity contribution in [1.82, 2.24) is 10.6 Å². The Hall–Kier alpha value is -1.59. The van der Waals surface area contributed by atoms with Gasteiger partial charge in [0, 0.05) is 31.7 Å². The summed E-state index contributed by atoms with van der Waals surface area (Å²) in [5.41, 5.74) is 1.17. The van der Waals surface area contributed by atoms with Crippen LogP contribution in [0.25, 0.3) is 0 Å². The van der Waals surface area contributed by atoms with Crippen molar-refractivity contribution in [3.8, 4) is 0 Å². The first-order valence-electron chi connectivity index (χ1n) is 9.44. The minimum Gasteiger partial charge on any atom is -0.391 e. The van der Waals surface area contributed by atoms with E-state index in [0.29, 0.717) is 26.3 Å². The molecule has 2 amide bonds. The first kappa shape index (κ1) is 19.7. The van der Waals surface area contributed by atoms with Crippen molar-refractivity contribution in [2.45, 2.75) is 51.0 Å². The van der Waals surface area contributed by atoms with Crippen LogP contribution in [-0.4, -0.2) is 43.5 Å². The number of amides is 2. The highest BCUT2D eigenvalue weighted by atomic mass is 16.5. The quantitative estimate of drug-likeness (QED) is 0.676. The predicted molar refractivity (Wildman–Crippen MR) is 99.7 cm³/mol. The van der Waals surface area contributed by atoms with Gasteiger partial charge in [0.15, 0.2) is 0 Å². The van der Waals surface area contributed by atoms with E-state index in [2.05, 4.69) is 36.6 Å². The molecule has 1 saturated heterocycles. The van der Waals surface area contributed by atoms with Crippen LogP contribution in [0.3, 0.4) is 0 Å². The van der Waals surface area contributed by atoms with Gasteiger partial charge in [-0.2, -0.15) is 0 Å². The predicted octanol–water partition coefficient (Wildman–Crippen LogP) is 2.83. The fraction of sp³-hybridized carbons (Fsp3) is 0.650. The van der Waals surface area contributed by atoms with Crippen LogP contribution in [0, 0.1) is 5.92 Å². The molecule has 0 aromatic heterocycles. The summed E-state index contributed by atoms with van der Waals surface area (Å²) in [4.78, 5) is 12.2. The molecule has 1 fully saturated rings. The maximum Gasteiger partial charge on any atom is 0.314 e. The third-order valence-electron chi connectivity index (χ3n) is 5.49. The van der Waals surface area contributed by atoms with E-state index in [1.54, 1.807) is 0 Å². The standard InChI is InChI=1S/C20H32N2O3/c1-3-16(4-2)18(23)14-21-19(24)22-15-20(10-12-25-13-11-20)17-8-6-5-7-9-17/h5-9,16,18,23H,3-4,10-15H2,1-2H3,(H2,21,22,24). The van der Waals surface area contributed by atoms with Gasteiger partial charge in [0.25, 0.3) is 0 Å². The minimum atomic E-state index is -0.494. The molecule has 1 aromatic rings. The normalized spacial score (nSPS) is 17.9. The molecule has 25 heavy (non-hydrogen) atoms. The highest BCUT2D eigenvalue weighted by molar-refractivity contribution is 5.74. The highest BCUT2D eigenvalue weighted by Crippen LogP contribution is 2.34. The molecule has 140 valence electrons. The SMILES string of the molecule is CCC(CC)C(O)CNC(=O)NCC1(c2ccccc2)CCOCC1. The van der Waals surface area contributed by atoms with Crippen LogP contribution in [0.2, 0.25) is 0 Å². The number of nitrogens with one attached hydrogen (secondary N) is 2. The first-order chi connectivity index (χ1) is 12.1. The molecule has 0 aliphatic carbocycles. The van der Waals surface area contributed by atoms with E-state index >= 15 is 0 Å². The fourth-order valence-electron chi connectivity index (χ4n) is 3.63. The van der Waals surface area contributed by atoms with Crippen molar-refractivity contribution in [2.24, 2.45) is 5.92 Å². The molecule has 1 unspecified atom stereocenters. The summed E-state index contributed by atoms with van der Waals surface area (Å²) in [6, 6.07) is 10.1. The van der Waals surface area contributed by atoms with Gasteiger partial charge in [-0.25, -0.2) is 4.79 Å². The van der Waals surface area contributed by atoms with Crippen LogP contribution in [0.15, 0.2) is 30.3 Å². The van der Waals surface area contributed by atoms with Gasteiger partial charge in [-0.15, -0.1) is 0 Å². The number of urea groups is 1. The lowest BCUT2D eigenvalue weighted by atomic mass is 9.74. The van der Waals surface area contributed by atoms with E-state index in [1.165, 1.54) is 5.56 Å². The number of ether oxygens (including phenoxy) is 1. The average molecular weight is 348 g/mol. The van der Waals surface area contributed by atoms with Gasteiger partial charge >= 0.3 is 6.03 Å². The number of hydrogen-bond acceptors (Lipinski definition) is 3. The number of rotatable bonds is 8. The molecule has 0 radical (unpaired) electrons. The maximum atomic E-state index is 12.2. The third kappa shape index (κ3) is 5.44. The molecule has 3 N–H and O–H groups in total. The Balaban J connectivity index is 1.89. The van der Waals surface area contributed by atoms with Crippen molar-refractivity contribution in [3.63, 3.8) is 0 Å². The lowest BCUT2D eigenvalue weighted by molar-refractivity contribution is 0.0505. The van der Waals surface area contributed by atoms with E-state index in [0.717, 1.165) is 25.7 Å². The molecule has 5 nitrogen and oxygen atoms in total. The summed E-state index contributed by atoms with van der Waals surface area (Å²) in [5, 5.41) is 16.0. The number of aliphatic hydroxyl groups excluding tert-OH is 1. The van der Waals surface area contributed by atoms with Crippen LogP contribution >= 0.6 is 0 Å². The van der Waals surface area contributed by atoms with Gasteiger partial charge in [0.05, 0.1) is 6.10 Å². The average Bonchev–Trinajstić information content (AvgIpc) is 2.67. The monoisotopic (exact) mass is 348 g/mol. The van der Waals surface area contributed by atoms with Gasteiger partial charge in [-0.05, 0) is 24.3 Å². The van der Waals surface area contributed by atoms with Gasteiger partial charge in [-0.1, -0.05) is 57.0 Å². The van der Waals surface area contributed by atoms with Crippen molar-refractivity contribution in [1.29, 1.82) is 0 Å². The van der Waals surface area contributed by atoms with Gasteiger partial charge < -0.3 is 20.5 Å². The van der Waals surface area contributed by atoms with E-state index in [9.17, 15) is 9.90 Å². The van der Waals surface area contributed by atoms with E-state index in [1.807, 2.05) is 18.2 Å². The zero-order chi connectivity index (χ0) is 18.1. The third-order valence-corrected chi connectivity index (χ3v) is 5.49. The number of carbonyl (C=O) groups excluding carboxylic acids is 1. The topological polar surface area (TPSA) is 70.6 Å². The summed E-state index contributed by atoms with van der Waals surface area (Å²) in [7, 11) is 0. The number of carbonyl (C=O) groups is 1. The molecule has 2 rings (SSSR count). The lowest BCUT2D eigenvalue weighted by Crippen LogP contribution is -2.48. The van der Waals surface area contributed by atoms with Gasteiger partial charge in [0.1, 0.15) is 0 Å². The summed E-state index contributed by atoms with van der Waals surface area (Å²) >= 11 is 0. The van der Waals surface area contributed by atoms with Crippen LogP contribution in [0.1, 0.15) is 45.1 Å². The van der Waals surface area contributed by atoms with E-state index in [-0.39, 0.29) is 17.4 Å². The van der Waals surface area contributed by atoms with Crippen molar-refractivity contribution in [3.05, 3.63) is 35.9 Å². The smallest absolute Gasteiger partial charge is 0.314 e. The van der Waals surface area contributed by atoms with Crippen molar-refractivity contribution in [2.75, 3.05) is 26.3 Å². The van der Waals surface area contributed by atoms with Gasteiger partial charge in [-0.3, -0.25) is 0 Å². The Morgan fingerprint density at radius 3 is 2.40 bits per heavy atom. The molecule has 0 bridgehead atoms. The highest BCUT2D eigenvalue weighted by Gasteiger charge is 2.34. The molecule has 0 spiro atoms. The Kier molecular flexibility index (Phi) is 7.72. The van der Waals surface area contributed by atoms with E-state index in [4.69, 9.17) is 4.74 Å². The number of benzene rings is 1. The Morgan fingerprint density at radius 2 is 1.80 bits per heavy atom. The summed E-state index contributed by atoms with van der Waals surface area (Å²) < 4.78 is 5.52. The summed E-state index contributed by atoms with van der Waals surface area (Å²) in [6.07, 6.45) is 3.13. The lowest BCUT2D eigenvalue weighted by Gasteiger charge is -2.38. The second kappa shape index (κ2) is 9.78. The molecule has 1 atom stereocenters. The second-order valence-electron chi connectivity index (χ2n) is 6.97. The molecule has 1 aliphatic rings. The number of hydrogen-bond donors (Lipinski definition) is 3. The van der Waals surface area contributed by atoms with Crippen molar-refractivity contribution >= 4 is 6.03 Å². The molecule has 1 aliphatic heterocycles. The van der Waals surface area contributed by atoms with Crippen molar-refractivity contribution < 1.29 is 14.6 Å². The maximum absolute atomic E-state index is 12.2. The summed E-state index contributed by atoms with van der Waals surface area (Å²) in [6.45, 7) is 6.42. The zero-order valence-corrected chi connectivity index (χ0v) is 15.5. The molecule has 0 saturated carbocycles. The fourth-order valence-corrected chi connectivity index (χ4v) is 3.63. The molecule has 1 heterocycles. The minimum absolute atomic E-state index is 0.0785. The van der Waals surface area contributed by atoms with Gasteiger partial charge in [0.2, 0.25) is 0 Å². The Bertz CT molecular complexity index is 511. The van der Waals surface area contributed by atoms with Crippen LogP contribution in [-0.2, 0) is 10.2 Å². The summed E-state index contributed by atoms with van der Waals surface area (Å²) in [5.74, 6) is 0.228. The Morgan fingerprint density at radius 1 is 1.16 bits per heavy atom. The molecular formula is C20H32N2O3. The van der Waals surface area contributed by atoms with Crippen LogP contribution in [0.4, 0.5) is 4.79 Å². The molecule has 1 aromatic carbocycles. The molecule has 5 heteroatoms. The van der Waals surface area contributed by atoms with Crippen LogP contribution in [0.5, 0.6) is 0 Å². The second-order valence-corrected chi connectivity index (χ2v) is 6.97. The van der Waals surface area contributed by atoms with E-state index < -0.39 is 6.10 Å². The number of aliphatic hydroxyl groups is 1. The Labute approximate surface area is 151 Å². The zero-order valence-electron chi connectivity index (χ0n) is 15.5.